The number of benzene rings is 1. The van der Waals surface area contributed by atoms with Gasteiger partial charge in [-0.1, -0.05) is 18.2 Å². The molecule has 2 heterocycles. The first-order valence-corrected chi connectivity index (χ1v) is 8.86. The molecule has 0 saturated heterocycles. The zero-order valence-electron chi connectivity index (χ0n) is 15.1. The molecule has 1 amide bonds. The van der Waals surface area contributed by atoms with E-state index >= 15 is 0 Å². The highest BCUT2D eigenvalue weighted by Crippen LogP contribution is 2.31. The van der Waals surface area contributed by atoms with Gasteiger partial charge in [0.15, 0.2) is 0 Å². The Labute approximate surface area is 160 Å². The SMILES string of the molecule is Cc1ncc([N+](=O)[O-])cc1-c1cccc(-c2cc(NC(=O)C3CC3)ncn2)c1. The first-order valence-electron chi connectivity index (χ1n) is 8.86. The van der Waals surface area contributed by atoms with Gasteiger partial charge < -0.3 is 5.32 Å². The van der Waals surface area contributed by atoms with Crippen LogP contribution in [-0.2, 0) is 4.79 Å². The number of carbonyl (C=O) groups excluding carboxylic acids is 1. The van der Waals surface area contributed by atoms with E-state index in [4.69, 9.17) is 0 Å². The van der Waals surface area contributed by atoms with Crippen molar-refractivity contribution in [3.8, 4) is 22.4 Å². The minimum absolute atomic E-state index is 0.0169. The number of aromatic nitrogens is 3. The van der Waals surface area contributed by atoms with Crippen molar-refractivity contribution in [3.05, 3.63) is 64.7 Å². The van der Waals surface area contributed by atoms with E-state index in [0.29, 0.717) is 22.8 Å². The predicted molar refractivity (Wildman–Crippen MR) is 103 cm³/mol. The van der Waals surface area contributed by atoms with E-state index in [9.17, 15) is 14.9 Å². The Bertz CT molecular complexity index is 1080. The van der Waals surface area contributed by atoms with Gasteiger partial charge in [0.05, 0.1) is 10.6 Å². The van der Waals surface area contributed by atoms with Crippen LogP contribution < -0.4 is 5.32 Å². The molecule has 8 nitrogen and oxygen atoms in total. The van der Waals surface area contributed by atoms with E-state index in [1.807, 2.05) is 31.2 Å². The van der Waals surface area contributed by atoms with Gasteiger partial charge in [0, 0.05) is 34.9 Å². The van der Waals surface area contributed by atoms with E-state index in [1.165, 1.54) is 18.6 Å². The van der Waals surface area contributed by atoms with E-state index in [0.717, 1.165) is 24.0 Å². The lowest BCUT2D eigenvalue weighted by atomic mass is 10.0. The van der Waals surface area contributed by atoms with Gasteiger partial charge in [-0.15, -0.1) is 0 Å². The number of anilines is 1. The molecular weight excluding hydrogens is 358 g/mol. The Kier molecular flexibility index (Phi) is 4.52. The smallest absolute Gasteiger partial charge is 0.288 e. The monoisotopic (exact) mass is 375 g/mol. The number of rotatable bonds is 5. The summed E-state index contributed by atoms with van der Waals surface area (Å²) < 4.78 is 0. The zero-order chi connectivity index (χ0) is 19.7. The molecule has 0 aliphatic heterocycles. The van der Waals surface area contributed by atoms with Gasteiger partial charge in [-0.2, -0.15) is 0 Å². The largest absolute Gasteiger partial charge is 0.310 e. The minimum atomic E-state index is -0.459. The number of nitrogens with one attached hydrogen (secondary N) is 1. The van der Waals surface area contributed by atoms with Crippen molar-refractivity contribution < 1.29 is 9.72 Å². The Morgan fingerprint density at radius 1 is 1.14 bits per heavy atom. The molecule has 28 heavy (non-hydrogen) atoms. The van der Waals surface area contributed by atoms with Crippen molar-refractivity contribution in [2.75, 3.05) is 5.32 Å². The van der Waals surface area contributed by atoms with Crippen LogP contribution in [-0.4, -0.2) is 25.8 Å². The first kappa shape index (κ1) is 17.7. The molecule has 0 bridgehead atoms. The number of carbonyl (C=O) groups is 1. The Balaban J connectivity index is 1.67. The van der Waals surface area contributed by atoms with Crippen molar-refractivity contribution in [2.45, 2.75) is 19.8 Å². The summed E-state index contributed by atoms with van der Waals surface area (Å²) in [5.41, 5.74) is 3.59. The molecule has 0 unspecified atom stereocenters. The maximum absolute atomic E-state index is 12.0. The second-order valence-corrected chi connectivity index (χ2v) is 6.72. The van der Waals surface area contributed by atoms with Crippen LogP contribution in [0.4, 0.5) is 11.5 Å². The second-order valence-electron chi connectivity index (χ2n) is 6.72. The van der Waals surface area contributed by atoms with E-state index < -0.39 is 4.92 Å². The highest BCUT2D eigenvalue weighted by atomic mass is 16.6. The summed E-state index contributed by atoms with van der Waals surface area (Å²) in [5.74, 6) is 0.531. The molecule has 1 aliphatic carbocycles. The van der Waals surface area contributed by atoms with Crippen molar-refractivity contribution in [1.82, 2.24) is 15.0 Å². The highest BCUT2D eigenvalue weighted by molar-refractivity contribution is 5.93. The number of hydrogen-bond acceptors (Lipinski definition) is 6. The number of pyridine rings is 1. The second kappa shape index (κ2) is 7.15. The third-order valence-electron chi connectivity index (χ3n) is 4.62. The fraction of sp³-hybridized carbons (Fsp3) is 0.200. The zero-order valence-corrected chi connectivity index (χ0v) is 15.1. The maximum Gasteiger partial charge on any atom is 0.288 e. The molecule has 0 atom stereocenters. The minimum Gasteiger partial charge on any atom is -0.310 e. The molecule has 1 aliphatic rings. The topological polar surface area (TPSA) is 111 Å². The number of amides is 1. The van der Waals surface area contributed by atoms with Crippen molar-refractivity contribution in [1.29, 1.82) is 0 Å². The summed E-state index contributed by atoms with van der Waals surface area (Å²) in [5, 5.41) is 13.9. The fourth-order valence-corrected chi connectivity index (χ4v) is 2.92. The Hall–Kier alpha value is -3.68. The lowest BCUT2D eigenvalue weighted by molar-refractivity contribution is -0.385. The Morgan fingerprint density at radius 2 is 1.93 bits per heavy atom. The van der Waals surface area contributed by atoms with E-state index in [-0.39, 0.29) is 17.5 Å². The molecule has 1 N–H and O–H groups in total. The molecule has 1 fully saturated rings. The summed E-state index contributed by atoms with van der Waals surface area (Å²) in [6, 6.07) is 10.7. The van der Waals surface area contributed by atoms with Gasteiger partial charge in [0.1, 0.15) is 18.3 Å². The number of nitrogens with zero attached hydrogens (tertiary/aromatic N) is 4. The van der Waals surface area contributed by atoms with Crippen LogP contribution in [0, 0.1) is 23.0 Å². The average Bonchev–Trinajstić information content (AvgIpc) is 3.54. The van der Waals surface area contributed by atoms with Crippen molar-refractivity contribution >= 4 is 17.4 Å². The first-order chi connectivity index (χ1) is 13.5. The molecule has 4 rings (SSSR count). The van der Waals surface area contributed by atoms with Crippen molar-refractivity contribution in [2.24, 2.45) is 5.92 Å². The van der Waals surface area contributed by atoms with Crippen molar-refractivity contribution in [3.63, 3.8) is 0 Å². The van der Waals surface area contributed by atoms with Crippen LogP contribution in [0.1, 0.15) is 18.5 Å². The van der Waals surface area contributed by atoms with Crippen LogP contribution in [0.2, 0.25) is 0 Å². The van der Waals surface area contributed by atoms with E-state index in [2.05, 4.69) is 20.3 Å². The summed E-state index contributed by atoms with van der Waals surface area (Å²) in [4.78, 5) is 35.1. The molecule has 1 saturated carbocycles. The van der Waals surface area contributed by atoms with Gasteiger partial charge in [-0.05, 0) is 31.4 Å². The standard InChI is InChI=1S/C20H17N5O3/c1-12-17(8-16(10-21-12)25(27)28)14-3-2-4-15(7-14)18-9-19(23-11-22-18)24-20(26)13-5-6-13/h2-4,7-11,13H,5-6H2,1H3,(H,22,23,24,26). The molecule has 3 aromatic rings. The molecule has 0 radical (unpaired) electrons. The van der Waals surface area contributed by atoms with Gasteiger partial charge >= 0.3 is 0 Å². The number of nitro groups is 1. The lowest BCUT2D eigenvalue weighted by Gasteiger charge is -2.09. The molecule has 0 spiro atoms. The van der Waals surface area contributed by atoms with Crippen LogP contribution in [0.3, 0.4) is 0 Å². The van der Waals surface area contributed by atoms with Gasteiger partial charge in [-0.25, -0.2) is 9.97 Å². The molecule has 1 aromatic carbocycles. The van der Waals surface area contributed by atoms with Crippen LogP contribution in [0.5, 0.6) is 0 Å². The molecule has 8 heteroatoms. The maximum atomic E-state index is 12.0. The normalized spacial score (nSPS) is 13.2. The third-order valence-corrected chi connectivity index (χ3v) is 4.62. The lowest BCUT2D eigenvalue weighted by Crippen LogP contribution is -2.14. The summed E-state index contributed by atoms with van der Waals surface area (Å²) in [6.45, 7) is 1.81. The fourth-order valence-electron chi connectivity index (χ4n) is 2.92. The molecule has 140 valence electrons. The van der Waals surface area contributed by atoms with Crippen LogP contribution >= 0.6 is 0 Å². The van der Waals surface area contributed by atoms with Crippen LogP contribution in [0.15, 0.2) is 48.9 Å². The summed E-state index contributed by atoms with van der Waals surface area (Å²) in [7, 11) is 0. The molecular formula is C20H17N5O3. The quantitative estimate of drug-likeness (QED) is 0.537. The van der Waals surface area contributed by atoms with Crippen LogP contribution in [0.25, 0.3) is 22.4 Å². The van der Waals surface area contributed by atoms with E-state index in [1.54, 1.807) is 6.07 Å². The van der Waals surface area contributed by atoms with Gasteiger partial charge in [-0.3, -0.25) is 19.9 Å². The number of aryl methyl sites for hydroxylation is 1. The Morgan fingerprint density at radius 3 is 2.68 bits per heavy atom. The average molecular weight is 375 g/mol. The highest BCUT2D eigenvalue weighted by Gasteiger charge is 2.29. The van der Waals surface area contributed by atoms with Gasteiger partial charge in [0.2, 0.25) is 5.91 Å². The summed E-state index contributed by atoms with van der Waals surface area (Å²) >= 11 is 0. The number of hydrogen-bond donors (Lipinski definition) is 1. The molecule has 2 aromatic heterocycles. The summed E-state index contributed by atoms with van der Waals surface area (Å²) in [6.07, 6.45) is 4.50. The van der Waals surface area contributed by atoms with Gasteiger partial charge in [0.25, 0.3) is 5.69 Å². The third kappa shape index (κ3) is 3.71. The predicted octanol–water partition coefficient (Wildman–Crippen LogP) is 3.77.